The van der Waals surface area contributed by atoms with Gasteiger partial charge in [-0.25, -0.2) is 0 Å². The number of hydrogen-bond acceptors (Lipinski definition) is 2. The van der Waals surface area contributed by atoms with Gasteiger partial charge in [0, 0.05) is 13.0 Å². The lowest BCUT2D eigenvalue weighted by molar-refractivity contribution is -0.118. The van der Waals surface area contributed by atoms with Crippen LogP contribution in [0.1, 0.15) is 18.9 Å². The third kappa shape index (κ3) is 3.54. The Morgan fingerprint density at radius 1 is 1.17 bits per heavy atom. The third-order valence-corrected chi connectivity index (χ3v) is 5.01. The number of carbonyl (C=O) groups excluding carboxylic acids is 1. The van der Waals surface area contributed by atoms with Crippen molar-refractivity contribution in [3.05, 3.63) is 63.9 Å². The second-order valence-corrected chi connectivity index (χ2v) is 6.62. The van der Waals surface area contributed by atoms with Crippen LogP contribution in [0.3, 0.4) is 0 Å². The van der Waals surface area contributed by atoms with E-state index < -0.39 is 0 Å². The molecule has 0 aliphatic rings. The molecule has 0 aliphatic carbocycles. The van der Waals surface area contributed by atoms with E-state index in [0.717, 1.165) is 22.3 Å². The number of aryl methyl sites for hydroxylation is 2. The molecule has 3 aromatic rings. The Morgan fingerprint density at radius 2 is 1.96 bits per heavy atom. The maximum absolute atomic E-state index is 12.2. The highest BCUT2D eigenvalue weighted by molar-refractivity contribution is 7.16. The van der Waals surface area contributed by atoms with E-state index in [1.807, 2.05) is 60.0 Å². The van der Waals surface area contributed by atoms with E-state index in [0.29, 0.717) is 22.7 Å². The quantitative estimate of drug-likeness (QED) is 0.689. The van der Waals surface area contributed by atoms with Crippen molar-refractivity contribution in [1.29, 1.82) is 0 Å². The Morgan fingerprint density at radius 3 is 2.70 bits per heavy atom. The number of carbonyl (C=O) groups is 1. The van der Waals surface area contributed by atoms with Crippen LogP contribution in [0.4, 0.5) is 0 Å². The average molecular weight is 345 g/mol. The number of aromatic nitrogens is 1. The second kappa shape index (κ2) is 7.11. The summed E-state index contributed by atoms with van der Waals surface area (Å²) in [6, 6.07) is 15.8. The molecular formula is C18H17ClN2OS. The Kier molecular flexibility index (Phi) is 4.94. The number of thiazole rings is 1. The zero-order valence-corrected chi connectivity index (χ0v) is 14.4. The summed E-state index contributed by atoms with van der Waals surface area (Å²) in [5.41, 5.74) is 2.11. The number of amides is 1. The molecule has 1 aromatic heterocycles. The third-order valence-electron chi connectivity index (χ3n) is 3.66. The molecule has 23 heavy (non-hydrogen) atoms. The van der Waals surface area contributed by atoms with Crippen molar-refractivity contribution >= 4 is 39.1 Å². The van der Waals surface area contributed by atoms with E-state index >= 15 is 0 Å². The molecule has 0 fully saturated rings. The van der Waals surface area contributed by atoms with Gasteiger partial charge >= 0.3 is 0 Å². The monoisotopic (exact) mass is 344 g/mol. The summed E-state index contributed by atoms with van der Waals surface area (Å²) >= 11 is 7.79. The number of fused-ring (bicyclic) bond motifs is 1. The standard InChI is InChI=1S/C18H17ClN2OS/c1-2-21-17-14(19)9-6-10-15(17)23-18(21)20-16(22)12-11-13-7-4-3-5-8-13/h3-10H,2,11-12H2,1H3. The predicted octanol–water partition coefficient (Wildman–Crippen LogP) is 4.44. The maximum atomic E-state index is 12.2. The van der Waals surface area contributed by atoms with Crippen LogP contribution in [0.25, 0.3) is 10.2 Å². The van der Waals surface area contributed by atoms with Gasteiger partial charge in [-0.2, -0.15) is 4.99 Å². The van der Waals surface area contributed by atoms with Crippen LogP contribution in [-0.4, -0.2) is 10.5 Å². The highest BCUT2D eigenvalue weighted by atomic mass is 35.5. The van der Waals surface area contributed by atoms with Crippen LogP contribution < -0.4 is 4.80 Å². The summed E-state index contributed by atoms with van der Waals surface area (Å²) in [5, 5.41) is 0.693. The lowest BCUT2D eigenvalue weighted by Crippen LogP contribution is -2.16. The fourth-order valence-electron chi connectivity index (χ4n) is 2.52. The molecule has 0 saturated carbocycles. The van der Waals surface area contributed by atoms with Crippen LogP contribution in [0, 0.1) is 0 Å². The Bertz CT molecular complexity index is 896. The Hall–Kier alpha value is -1.91. The van der Waals surface area contributed by atoms with E-state index in [4.69, 9.17) is 11.6 Å². The van der Waals surface area contributed by atoms with Crippen LogP contribution in [-0.2, 0) is 17.8 Å². The lowest BCUT2D eigenvalue weighted by Gasteiger charge is -2.02. The van der Waals surface area contributed by atoms with E-state index in [1.165, 1.54) is 11.3 Å². The van der Waals surface area contributed by atoms with E-state index in [2.05, 4.69) is 4.99 Å². The molecule has 1 heterocycles. The van der Waals surface area contributed by atoms with Crippen molar-refractivity contribution in [3.63, 3.8) is 0 Å². The lowest BCUT2D eigenvalue weighted by atomic mass is 10.1. The number of nitrogens with zero attached hydrogens (tertiary/aromatic N) is 2. The number of benzene rings is 2. The Labute approximate surface area is 143 Å². The van der Waals surface area contributed by atoms with Gasteiger partial charge in [0.2, 0.25) is 5.91 Å². The fourth-order valence-corrected chi connectivity index (χ4v) is 3.99. The Balaban J connectivity index is 1.88. The first-order valence-corrected chi connectivity index (χ1v) is 8.78. The highest BCUT2D eigenvalue weighted by Crippen LogP contribution is 2.25. The van der Waals surface area contributed by atoms with Gasteiger partial charge in [0.1, 0.15) is 0 Å². The minimum atomic E-state index is -0.0984. The van der Waals surface area contributed by atoms with Gasteiger partial charge in [-0.1, -0.05) is 59.3 Å². The van der Waals surface area contributed by atoms with Crippen LogP contribution >= 0.6 is 22.9 Å². The molecule has 0 atom stereocenters. The van der Waals surface area contributed by atoms with Crippen molar-refractivity contribution in [3.8, 4) is 0 Å². The number of hydrogen-bond donors (Lipinski definition) is 0. The van der Waals surface area contributed by atoms with Crippen molar-refractivity contribution in [1.82, 2.24) is 4.57 Å². The normalized spacial score (nSPS) is 12.0. The molecule has 0 saturated heterocycles. The SMILES string of the molecule is CCn1c(=NC(=O)CCc2ccccc2)sc2cccc(Cl)c21. The summed E-state index contributed by atoms with van der Waals surface area (Å²) in [6.45, 7) is 2.76. The molecule has 1 amide bonds. The van der Waals surface area contributed by atoms with Gasteiger partial charge in [-0.3, -0.25) is 4.79 Å². The van der Waals surface area contributed by atoms with Crippen molar-refractivity contribution in [2.75, 3.05) is 0 Å². The largest absolute Gasteiger partial charge is 0.315 e. The van der Waals surface area contributed by atoms with Gasteiger partial charge in [0.15, 0.2) is 4.80 Å². The van der Waals surface area contributed by atoms with Gasteiger partial charge < -0.3 is 4.57 Å². The topological polar surface area (TPSA) is 34.4 Å². The molecule has 0 radical (unpaired) electrons. The minimum Gasteiger partial charge on any atom is -0.315 e. The molecular weight excluding hydrogens is 328 g/mol. The van der Waals surface area contributed by atoms with E-state index in [9.17, 15) is 4.79 Å². The molecule has 3 rings (SSSR count). The van der Waals surface area contributed by atoms with E-state index in [-0.39, 0.29) is 5.91 Å². The molecule has 0 aliphatic heterocycles. The van der Waals surface area contributed by atoms with Gasteiger partial charge in [-0.05, 0) is 31.0 Å². The molecule has 0 unspecified atom stereocenters. The number of para-hydroxylation sites is 1. The zero-order chi connectivity index (χ0) is 16.2. The molecule has 118 valence electrons. The first kappa shape index (κ1) is 16.0. The predicted molar refractivity (Wildman–Crippen MR) is 95.8 cm³/mol. The van der Waals surface area contributed by atoms with Crippen molar-refractivity contribution in [2.24, 2.45) is 4.99 Å². The first-order chi connectivity index (χ1) is 11.2. The molecule has 0 bridgehead atoms. The molecule has 0 spiro atoms. The summed E-state index contributed by atoms with van der Waals surface area (Å²) in [7, 11) is 0. The van der Waals surface area contributed by atoms with E-state index in [1.54, 1.807) is 0 Å². The smallest absolute Gasteiger partial charge is 0.248 e. The summed E-state index contributed by atoms with van der Waals surface area (Å²) in [6.07, 6.45) is 1.12. The van der Waals surface area contributed by atoms with Gasteiger partial charge in [0.05, 0.1) is 15.2 Å². The summed E-state index contributed by atoms with van der Waals surface area (Å²) in [5.74, 6) is -0.0984. The summed E-state index contributed by atoms with van der Waals surface area (Å²) < 4.78 is 3.05. The van der Waals surface area contributed by atoms with Crippen LogP contribution in [0.15, 0.2) is 53.5 Å². The highest BCUT2D eigenvalue weighted by Gasteiger charge is 2.09. The van der Waals surface area contributed by atoms with Crippen LogP contribution in [0.2, 0.25) is 5.02 Å². The molecule has 3 nitrogen and oxygen atoms in total. The number of halogens is 1. The van der Waals surface area contributed by atoms with Gasteiger partial charge in [0.25, 0.3) is 0 Å². The molecule has 0 N–H and O–H groups in total. The second-order valence-electron chi connectivity index (χ2n) is 5.21. The zero-order valence-electron chi connectivity index (χ0n) is 12.8. The maximum Gasteiger partial charge on any atom is 0.248 e. The van der Waals surface area contributed by atoms with Crippen molar-refractivity contribution < 1.29 is 4.79 Å². The minimum absolute atomic E-state index is 0.0984. The molecule has 5 heteroatoms. The average Bonchev–Trinajstić information content (AvgIpc) is 2.92. The van der Waals surface area contributed by atoms with Crippen LogP contribution in [0.5, 0.6) is 0 Å². The fraction of sp³-hybridized carbons (Fsp3) is 0.222. The summed E-state index contributed by atoms with van der Waals surface area (Å²) in [4.78, 5) is 17.2. The number of rotatable bonds is 4. The van der Waals surface area contributed by atoms with Crippen molar-refractivity contribution in [2.45, 2.75) is 26.3 Å². The molecule has 2 aromatic carbocycles. The van der Waals surface area contributed by atoms with Gasteiger partial charge in [-0.15, -0.1) is 0 Å². The first-order valence-electron chi connectivity index (χ1n) is 7.58.